The van der Waals surface area contributed by atoms with Crippen LogP contribution < -0.4 is 10.1 Å². The topological polar surface area (TPSA) is 110 Å². The quantitative estimate of drug-likeness (QED) is 0.594. The Balaban J connectivity index is 2.05. The molecule has 0 bridgehead atoms. The van der Waals surface area contributed by atoms with Crippen LogP contribution in [0.4, 0.5) is 4.79 Å². The summed E-state index contributed by atoms with van der Waals surface area (Å²) in [4.78, 5) is 44.1. The van der Waals surface area contributed by atoms with E-state index in [4.69, 9.17) is 14.2 Å². The molecule has 1 aliphatic rings. The van der Waals surface area contributed by atoms with Gasteiger partial charge in [-0.15, -0.1) is 0 Å². The molecule has 0 fully saturated rings. The maximum Gasteiger partial charge on any atom is 0.408 e. The first-order valence-corrected chi connectivity index (χ1v) is 11.9. The highest BCUT2D eigenvalue weighted by Crippen LogP contribution is 2.41. The fourth-order valence-electron chi connectivity index (χ4n) is 4.62. The van der Waals surface area contributed by atoms with Gasteiger partial charge < -0.3 is 29.4 Å². The van der Waals surface area contributed by atoms with Gasteiger partial charge in [-0.25, -0.2) is 9.59 Å². The number of nitrogens with one attached hydrogen (secondary N) is 2. The third kappa shape index (κ3) is 5.71. The van der Waals surface area contributed by atoms with Gasteiger partial charge >= 0.3 is 12.1 Å². The lowest BCUT2D eigenvalue weighted by Gasteiger charge is -2.42. The van der Waals surface area contributed by atoms with Crippen molar-refractivity contribution in [1.29, 1.82) is 0 Å². The average Bonchev–Trinajstić information content (AvgIpc) is 3.13. The number of benzene rings is 1. The van der Waals surface area contributed by atoms with Crippen LogP contribution in [0.25, 0.3) is 10.9 Å². The van der Waals surface area contributed by atoms with Crippen molar-refractivity contribution in [2.75, 3.05) is 14.2 Å². The van der Waals surface area contributed by atoms with Crippen LogP contribution in [-0.4, -0.2) is 59.8 Å². The van der Waals surface area contributed by atoms with E-state index in [0.717, 1.165) is 22.2 Å². The normalized spacial score (nSPS) is 18.7. The summed E-state index contributed by atoms with van der Waals surface area (Å²) in [6.45, 7) is 11.0. The van der Waals surface area contributed by atoms with Crippen LogP contribution in [0.3, 0.4) is 0 Å². The number of carbonyl (C=O) groups is 3. The van der Waals surface area contributed by atoms with Crippen LogP contribution in [0.5, 0.6) is 5.75 Å². The maximum absolute atomic E-state index is 13.8. The van der Waals surface area contributed by atoms with Crippen LogP contribution in [0.2, 0.25) is 0 Å². The van der Waals surface area contributed by atoms with E-state index in [9.17, 15) is 14.4 Å². The van der Waals surface area contributed by atoms with Crippen molar-refractivity contribution >= 4 is 28.9 Å². The van der Waals surface area contributed by atoms with Crippen LogP contribution in [-0.2, 0) is 25.5 Å². The lowest BCUT2D eigenvalue weighted by Crippen LogP contribution is -2.57. The highest BCUT2D eigenvalue weighted by atomic mass is 16.6. The zero-order valence-corrected chi connectivity index (χ0v) is 21.9. The number of hydrogen-bond donors (Lipinski definition) is 2. The number of alkyl carbamates (subject to hydrolysis) is 1. The molecule has 1 aromatic heterocycles. The van der Waals surface area contributed by atoms with Crippen LogP contribution in [0.15, 0.2) is 18.2 Å². The molecule has 0 unspecified atom stereocenters. The molecule has 2 N–H and O–H groups in total. The molecule has 2 amide bonds. The number of nitrogens with zero attached hydrogens (tertiary/aromatic N) is 1. The molecule has 35 heavy (non-hydrogen) atoms. The van der Waals surface area contributed by atoms with Crippen LogP contribution in [0, 0.1) is 5.92 Å². The van der Waals surface area contributed by atoms with Gasteiger partial charge in [0.05, 0.1) is 20.3 Å². The Labute approximate surface area is 206 Å². The Morgan fingerprint density at radius 2 is 1.86 bits per heavy atom. The minimum absolute atomic E-state index is 0.231. The molecule has 9 nitrogen and oxygen atoms in total. The number of H-pyrrole nitrogens is 1. The fraction of sp³-hybridized carbons (Fsp3) is 0.577. The van der Waals surface area contributed by atoms with Crippen LogP contribution >= 0.6 is 0 Å². The first kappa shape index (κ1) is 26.4. The molecule has 1 aliphatic heterocycles. The van der Waals surface area contributed by atoms with Gasteiger partial charge in [-0.2, -0.15) is 0 Å². The second kappa shape index (κ2) is 10.2. The number of esters is 1. The number of amides is 2. The zero-order valence-electron chi connectivity index (χ0n) is 21.9. The first-order chi connectivity index (χ1) is 16.4. The van der Waals surface area contributed by atoms with Crippen molar-refractivity contribution < 1.29 is 28.6 Å². The third-order valence-corrected chi connectivity index (χ3v) is 6.07. The number of aromatic nitrogens is 1. The van der Waals surface area contributed by atoms with E-state index >= 15 is 0 Å². The minimum atomic E-state index is -0.905. The van der Waals surface area contributed by atoms with Gasteiger partial charge in [0.25, 0.3) is 0 Å². The number of ether oxygens (including phenoxy) is 3. The number of hydrogen-bond acceptors (Lipinski definition) is 6. The van der Waals surface area contributed by atoms with Gasteiger partial charge in [0.2, 0.25) is 5.91 Å². The Hall–Kier alpha value is -3.23. The molecule has 2 heterocycles. The molecule has 192 valence electrons. The maximum atomic E-state index is 13.8. The Bertz CT molecular complexity index is 1100. The molecule has 3 rings (SSSR count). The Morgan fingerprint density at radius 1 is 1.17 bits per heavy atom. The number of fused-ring (bicyclic) bond motifs is 3. The molecule has 9 heteroatoms. The second-order valence-corrected chi connectivity index (χ2v) is 10.4. The summed E-state index contributed by atoms with van der Waals surface area (Å²) in [5.74, 6) is 0.0719. The molecule has 0 spiro atoms. The van der Waals surface area contributed by atoms with E-state index in [2.05, 4.69) is 24.1 Å². The molecular formula is C26H37N3O6. The summed E-state index contributed by atoms with van der Waals surface area (Å²) in [5, 5.41) is 3.60. The zero-order chi connectivity index (χ0) is 26.1. The molecule has 2 aromatic rings. The van der Waals surface area contributed by atoms with Gasteiger partial charge in [-0.1, -0.05) is 13.8 Å². The number of aromatic amines is 1. The predicted molar refractivity (Wildman–Crippen MR) is 132 cm³/mol. The molecule has 0 aliphatic carbocycles. The Morgan fingerprint density at radius 3 is 2.43 bits per heavy atom. The van der Waals surface area contributed by atoms with E-state index in [-0.39, 0.29) is 11.8 Å². The summed E-state index contributed by atoms with van der Waals surface area (Å²) >= 11 is 0. The van der Waals surface area contributed by atoms with E-state index in [1.807, 2.05) is 18.2 Å². The number of rotatable bonds is 6. The fourth-order valence-corrected chi connectivity index (χ4v) is 4.62. The van der Waals surface area contributed by atoms with Gasteiger partial charge in [-0.05, 0) is 57.7 Å². The molecule has 0 radical (unpaired) electrons. The third-order valence-electron chi connectivity index (χ3n) is 6.07. The smallest absolute Gasteiger partial charge is 0.408 e. The molecule has 1 aromatic carbocycles. The minimum Gasteiger partial charge on any atom is -0.497 e. The highest BCUT2D eigenvalue weighted by molar-refractivity contribution is 5.93. The monoisotopic (exact) mass is 487 g/mol. The van der Waals surface area contributed by atoms with E-state index in [0.29, 0.717) is 18.6 Å². The predicted octanol–water partition coefficient (Wildman–Crippen LogP) is 4.10. The first-order valence-electron chi connectivity index (χ1n) is 11.9. The number of carbonyl (C=O) groups excluding carboxylic acids is 3. The summed E-state index contributed by atoms with van der Waals surface area (Å²) in [5.41, 5.74) is 2.05. The lowest BCUT2D eigenvalue weighted by molar-refractivity contribution is -0.157. The summed E-state index contributed by atoms with van der Waals surface area (Å²) in [7, 11) is 2.93. The SMILES string of the molecule is COC(=O)[C@@H]1Cc2c([nH]c3cc(OC)ccc23)[C@H](CC(C)C)N1C(=O)[C@H](C)NC(=O)OC(C)(C)C. The van der Waals surface area contributed by atoms with Gasteiger partial charge in [0, 0.05) is 29.1 Å². The van der Waals surface area contributed by atoms with Gasteiger partial charge in [0.1, 0.15) is 23.4 Å². The average molecular weight is 488 g/mol. The van der Waals surface area contributed by atoms with E-state index < -0.39 is 35.8 Å². The van der Waals surface area contributed by atoms with Crippen molar-refractivity contribution in [1.82, 2.24) is 15.2 Å². The second-order valence-electron chi connectivity index (χ2n) is 10.4. The highest BCUT2D eigenvalue weighted by Gasteiger charge is 2.45. The van der Waals surface area contributed by atoms with Crippen molar-refractivity contribution in [2.24, 2.45) is 5.92 Å². The van der Waals surface area contributed by atoms with Crippen molar-refractivity contribution in [3.05, 3.63) is 29.5 Å². The summed E-state index contributed by atoms with van der Waals surface area (Å²) < 4.78 is 15.8. The van der Waals surface area contributed by atoms with E-state index in [1.54, 1.807) is 39.7 Å². The van der Waals surface area contributed by atoms with Crippen molar-refractivity contribution in [2.45, 2.75) is 78.1 Å². The molecule has 3 atom stereocenters. The van der Waals surface area contributed by atoms with Crippen molar-refractivity contribution in [3.63, 3.8) is 0 Å². The van der Waals surface area contributed by atoms with Gasteiger partial charge in [-0.3, -0.25) is 4.79 Å². The Kier molecular flexibility index (Phi) is 7.67. The molecule has 0 saturated heterocycles. The standard InChI is InChI=1S/C26H37N3O6/c1-14(2)11-20-22-18(17-10-9-16(33-7)12-19(17)28-22)13-21(24(31)34-8)29(20)23(30)15(3)27-25(32)35-26(4,5)6/h9-10,12,14-15,20-21,28H,11,13H2,1-8H3,(H,27,32)/t15-,20-,21-/m0/s1. The number of methoxy groups -OCH3 is 2. The van der Waals surface area contributed by atoms with Crippen molar-refractivity contribution in [3.8, 4) is 5.75 Å². The summed E-state index contributed by atoms with van der Waals surface area (Å²) in [6, 6.07) is 3.62. The lowest BCUT2D eigenvalue weighted by atomic mass is 9.87. The van der Waals surface area contributed by atoms with Gasteiger partial charge in [0.15, 0.2) is 0 Å². The van der Waals surface area contributed by atoms with E-state index in [1.165, 1.54) is 7.11 Å². The molecule has 0 saturated carbocycles. The van der Waals surface area contributed by atoms with Crippen LogP contribution in [0.1, 0.15) is 65.3 Å². The largest absolute Gasteiger partial charge is 0.497 e. The molecular weight excluding hydrogens is 450 g/mol. The summed E-state index contributed by atoms with van der Waals surface area (Å²) in [6.07, 6.45) is 0.229.